The quantitative estimate of drug-likeness (QED) is 0.533. The van der Waals surface area contributed by atoms with Gasteiger partial charge in [0.15, 0.2) is 11.2 Å². The Morgan fingerprint density at radius 1 is 2.00 bits per heavy atom. The minimum absolute atomic E-state index is 0.793. The first-order chi connectivity index (χ1) is 2.27. The lowest BCUT2D eigenvalue weighted by Gasteiger charge is -1.60. The van der Waals surface area contributed by atoms with Crippen molar-refractivity contribution >= 4 is 29.2 Å². The van der Waals surface area contributed by atoms with Gasteiger partial charge in [-0.2, -0.15) is 0 Å². The van der Waals surface area contributed by atoms with Crippen LogP contribution in [-0.4, -0.2) is 7.05 Å². The fraction of sp³-hybridized carbons (Fsp3) is 1.00. The number of nitrogens with one attached hydrogen (secondary N) is 1. The fourth-order valence-electron chi connectivity index (χ4n) is 0. The van der Waals surface area contributed by atoms with Crippen molar-refractivity contribution in [3.8, 4) is 0 Å². The summed E-state index contributed by atoms with van der Waals surface area (Å²) in [7, 11) is 1.74. The van der Waals surface area contributed by atoms with E-state index in [1.807, 2.05) is 0 Å². The Kier molecular flexibility index (Phi) is 3.44. The van der Waals surface area contributed by atoms with Gasteiger partial charge in [-0.05, 0) is 0 Å². The van der Waals surface area contributed by atoms with E-state index in [4.69, 9.17) is 11.2 Å². The number of rotatable bonds is 1. The van der Waals surface area contributed by atoms with Gasteiger partial charge in [-0.25, -0.2) is 0 Å². The molecular weight excluding hydrogens is 125 g/mol. The molecule has 0 aliphatic rings. The van der Waals surface area contributed by atoms with E-state index in [1.165, 1.54) is 0 Å². The molecule has 0 amide bonds. The first kappa shape index (κ1) is 5.77. The van der Waals surface area contributed by atoms with Gasteiger partial charge < -0.3 is 0 Å². The van der Waals surface area contributed by atoms with Gasteiger partial charge in [0, 0.05) is 7.05 Å². The van der Waals surface area contributed by atoms with E-state index in [2.05, 4.69) is 16.9 Å². The Balaban J connectivity index is 2.85. The second-order valence-electron chi connectivity index (χ2n) is 0.468. The fourth-order valence-corrected chi connectivity index (χ4v) is 0. The Morgan fingerprint density at radius 3 is 2.20 bits per heavy atom. The molecule has 5 heavy (non-hydrogen) atoms. The third-order valence-electron chi connectivity index (χ3n) is 0.176. The molecule has 0 heterocycles. The first-order valence-electron chi connectivity index (χ1n) is 1.08. The minimum atomic E-state index is -0.793. The molecule has 0 bridgehead atoms. The molecule has 1 atom stereocenters. The normalized spacial score (nSPS) is 11.2. The molecule has 0 saturated heterocycles. The number of hydrogen-bond acceptors (Lipinski definition) is 1. The molecule has 30 valence electrons. The molecular formula is CH4ClNPS+. The predicted octanol–water partition coefficient (Wildman–Crippen LogP) is 1.22. The van der Waals surface area contributed by atoms with Crippen molar-refractivity contribution in [1.82, 2.24) is 5.09 Å². The lowest BCUT2D eigenvalue weighted by molar-refractivity contribution is 1.30. The molecule has 1 unspecified atom stereocenters. The summed E-state index contributed by atoms with van der Waals surface area (Å²) < 4.78 is 0. The minimum Gasteiger partial charge on any atom is -0.120 e. The zero-order chi connectivity index (χ0) is 4.28. The molecule has 0 fully saturated rings. The maximum absolute atomic E-state index is 5.23. The summed E-state index contributed by atoms with van der Waals surface area (Å²) in [6.07, 6.45) is -0.793. The largest absolute Gasteiger partial charge is 0.383 e. The van der Waals surface area contributed by atoms with E-state index in [0.29, 0.717) is 0 Å². The van der Waals surface area contributed by atoms with Gasteiger partial charge in [-0.3, -0.25) is 0 Å². The van der Waals surface area contributed by atoms with E-state index >= 15 is 0 Å². The molecule has 0 aliphatic carbocycles. The van der Waals surface area contributed by atoms with Gasteiger partial charge in [0.05, 0.1) is 0 Å². The Labute approximate surface area is 42.0 Å². The molecule has 1 N–H and O–H groups in total. The summed E-state index contributed by atoms with van der Waals surface area (Å²) in [4.78, 5) is 0. The molecule has 0 aromatic heterocycles. The van der Waals surface area contributed by atoms with Crippen LogP contribution in [-0.2, 0) is 11.8 Å². The third kappa shape index (κ3) is 4.77. The van der Waals surface area contributed by atoms with Crippen LogP contribution in [0.15, 0.2) is 0 Å². The van der Waals surface area contributed by atoms with E-state index in [-0.39, 0.29) is 0 Å². The highest BCUT2D eigenvalue weighted by Crippen LogP contribution is 2.17. The molecule has 0 aromatic rings. The van der Waals surface area contributed by atoms with Crippen molar-refractivity contribution in [1.29, 1.82) is 0 Å². The zero-order valence-corrected chi connectivity index (χ0v) is 5.20. The number of halogens is 1. The average Bonchev–Trinajstić information content (AvgIpc) is 1.38. The summed E-state index contributed by atoms with van der Waals surface area (Å²) in [5.74, 6) is 0. The molecule has 0 saturated carbocycles. The van der Waals surface area contributed by atoms with E-state index in [9.17, 15) is 0 Å². The lowest BCUT2D eigenvalue weighted by Crippen LogP contribution is -1.82. The Bertz CT molecular complexity index is 46.9. The van der Waals surface area contributed by atoms with Crippen molar-refractivity contribution in [2.24, 2.45) is 0 Å². The molecule has 1 nitrogen and oxygen atoms in total. The standard InChI is InChI=1S/CH4ClNPS/c1-3-4(2)5/h1H3,(H,3,5)/q+1. The lowest BCUT2D eigenvalue weighted by atomic mass is 11.6. The average molecular weight is 129 g/mol. The molecule has 0 radical (unpaired) electrons. The van der Waals surface area contributed by atoms with Crippen molar-refractivity contribution < 1.29 is 0 Å². The van der Waals surface area contributed by atoms with Crippen molar-refractivity contribution in [2.45, 2.75) is 0 Å². The molecule has 0 aromatic carbocycles. The van der Waals surface area contributed by atoms with Crippen molar-refractivity contribution in [3.63, 3.8) is 0 Å². The summed E-state index contributed by atoms with van der Waals surface area (Å²) in [5.41, 5.74) is 0. The maximum Gasteiger partial charge on any atom is 0.383 e. The summed E-state index contributed by atoms with van der Waals surface area (Å²) in [5, 5.41) is 2.67. The van der Waals surface area contributed by atoms with Gasteiger partial charge in [0.2, 0.25) is 11.8 Å². The van der Waals surface area contributed by atoms with Gasteiger partial charge in [0.1, 0.15) is 0 Å². The molecule has 0 rings (SSSR count). The smallest absolute Gasteiger partial charge is 0.120 e. The van der Waals surface area contributed by atoms with Crippen LogP contribution in [0.3, 0.4) is 0 Å². The maximum atomic E-state index is 5.23. The molecule has 0 aliphatic heterocycles. The molecule has 0 spiro atoms. The summed E-state index contributed by atoms with van der Waals surface area (Å²) >= 11 is 9.73. The Morgan fingerprint density at radius 2 is 2.20 bits per heavy atom. The van der Waals surface area contributed by atoms with Crippen LogP contribution in [0, 0.1) is 0 Å². The Hall–Kier alpha value is 0.770. The third-order valence-corrected chi connectivity index (χ3v) is 1.58. The monoisotopic (exact) mass is 128 g/mol. The highest BCUT2D eigenvalue weighted by Gasteiger charge is 1.92. The van der Waals surface area contributed by atoms with Crippen LogP contribution < -0.4 is 5.09 Å². The second kappa shape index (κ2) is 2.98. The number of hydrogen-bond donors (Lipinski definition) is 1. The van der Waals surface area contributed by atoms with Crippen LogP contribution in [0.5, 0.6) is 0 Å². The zero-order valence-electron chi connectivity index (χ0n) is 2.73. The highest BCUT2D eigenvalue weighted by molar-refractivity contribution is 8.16. The first-order valence-corrected chi connectivity index (χ1v) is 4.34. The summed E-state index contributed by atoms with van der Waals surface area (Å²) in [6, 6.07) is 0. The van der Waals surface area contributed by atoms with Crippen LogP contribution in [0.25, 0.3) is 0 Å². The van der Waals surface area contributed by atoms with Gasteiger partial charge in [-0.15, -0.1) is 5.09 Å². The molecule has 4 heteroatoms. The van der Waals surface area contributed by atoms with Gasteiger partial charge in [0.25, 0.3) is 0 Å². The van der Waals surface area contributed by atoms with Gasteiger partial charge >= 0.3 is 6.20 Å². The van der Waals surface area contributed by atoms with Crippen LogP contribution in [0.4, 0.5) is 0 Å². The summed E-state index contributed by atoms with van der Waals surface area (Å²) in [6.45, 7) is 0. The van der Waals surface area contributed by atoms with Crippen LogP contribution in [0.1, 0.15) is 0 Å². The predicted molar refractivity (Wildman–Crippen MR) is 29.2 cm³/mol. The van der Waals surface area contributed by atoms with E-state index in [0.717, 1.165) is 0 Å². The highest BCUT2D eigenvalue weighted by atomic mass is 35.7. The topological polar surface area (TPSA) is 12.0 Å². The van der Waals surface area contributed by atoms with Crippen LogP contribution >= 0.6 is 17.4 Å². The van der Waals surface area contributed by atoms with Crippen molar-refractivity contribution in [3.05, 3.63) is 0 Å². The second-order valence-corrected chi connectivity index (χ2v) is 4.12. The SMILES string of the molecule is CN[P+](=S)Cl. The van der Waals surface area contributed by atoms with Gasteiger partial charge in [-0.1, -0.05) is 0 Å². The van der Waals surface area contributed by atoms with Crippen molar-refractivity contribution in [2.75, 3.05) is 7.05 Å². The van der Waals surface area contributed by atoms with Crippen LogP contribution in [0.2, 0.25) is 0 Å². The van der Waals surface area contributed by atoms with E-state index < -0.39 is 6.20 Å². The van der Waals surface area contributed by atoms with E-state index in [1.54, 1.807) is 7.05 Å².